The van der Waals surface area contributed by atoms with Crippen LogP contribution < -0.4 is 5.32 Å². The highest BCUT2D eigenvalue weighted by Crippen LogP contribution is 2.58. The molecular formula is C21H33FN2O5. The van der Waals surface area contributed by atoms with E-state index in [9.17, 15) is 23.9 Å². The Morgan fingerprint density at radius 2 is 1.72 bits per heavy atom. The highest BCUT2D eigenvalue weighted by molar-refractivity contribution is 5.90. The fraction of sp³-hybridized carbons (Fsp3) is 0.857. The molecule has 0 aromatic heterocycles. The number of rotatable bonds is 3. The van der Waals surface area contributed by atoms with E-state index in [-0.39, 0.29) is 30.2 Å². The van der Waals surface area contributed by atoms with Crippen molar-refractivity contribution < 1.29 is 28.6 Å². The zero-order valence-corrected chi connectivity index (χ0v) is 18.1. The van der Waals surface area contributed by atoms with E-state index >= 15 is 0 Å². The molecule has 2 amide bonds. The van der Waals surface area contributed by atoms with Crippen LogP contribution in [0.15, 0.2) is 0 Å². The fourth-order valence-corrected chi connectivity index (χ4v) is 5.51. The Balaban J connectivity index is 1.83. The number of aliphatic carboxylic acids is 1. The number of nitrogens with one attached hydrogen (secondary N) is 1. The van der Waals surface area contributed by atoms with Crippen LogP contribution in [0.3, 0.4) is 0 Å². The van der Waals surface area contributed by atoms with Crippen LogP contribution in [0, 0.1) is 29.1 Å². The molecule has 7 nitrogen and oxygen atoms in total. The minimum atomic E-state index is -1.06. The van der Waals surface area contributed by atoms with Crippen LogP contribution in [0.5, 0.6) is 0 Å². The number of alkyl carbamates (subject to hydrolysis) is 1. The maximum absolute atomic E-state index is 14.3. The van der Waals surface area contributed by atoms with Gasteiger partial charge in [0.2, 0.25) is 5.91 Å². The molecule has 1 heterocycles. The summed E-state index contributed by atoms with van der Waals surface area (Å²) in [6, 6.07) is -1.92. The number of fused-ring (bicyclic) bond motifs is 5. The standard InChI is InChI=1S/C21H33FN2O5/c1-20(2,3)16(23-19(28)29-21(4,5)6)17(25)24-9-12-11-7-10(8-13(11)22)14(12)15(24)18(26)27/h10-16H,7-9H2,1-6H3,(H,23,28)(H,26,27)/t10-,11-,12-,13+,14+,15+,16-/m1/s1. The molecule has 1 saturated heterocycles. The Kier molecular flexibility index (Phi) is 5.37. The van der Waals surface area contributed by atoms with Gasteiger partial charge in [-0.05, 0) is 62.7 Å². The molecule has 3 aliphatic rings. The summed E-state index contributed by atoms with van der Waals surface area (Å²) in [5, 5.41) is 12.5. The summed E-state index contributed by atoms with van der Waals surface area (Å²) >= 11 is 0. The van der Waals surface area contributed by atoms with Gasteiger partial charge in [0, 0.05) is 6.54 Å². The molecule has 2 bridgehead atoms. The average molecular weight is 413 g/mol. The minimum absolute atomic E-state index is 0.00537. The third-order valence-electron chi connectivity index (χ3n) is 6.57. The number of alkyl halides is 1. The Labute approximate surface area is 171 Å². The van der Waals surface area contributed by atoms with Gasteiger partial charge in [-0.15, -0.1) is 0 Å². The van der Waals surface area contributed by atoms with Crippen molar-refractivity contribution in [2.45, 2.75) is 78.2 Å². The maximum atomic E-state index is 14.3. The molecule has 2 aliphatic carbocycles. The zero-order valence-electron chi connectivity index (χ0n) is 18.1. The average Bonchev–Trinajstić information content (AvgIpc) is 3.17. The van der Waals surface area contributed by atoms with Gasteiger partial charge in [0.15, 0.2) is 0 Å². The maximum Gasteiger partial charge on any atom is 0.408 e. The normalized spacial score (nSPS) is 34.7. The van der Waals surface area contributed by atoms with Gasteiger partial charge in [0.25, 0.3) is 0 Å². The van der Waals surface area contributed by atoms with Crippen molar-refractivity contribution in [2.24, 2.45) is 29.1 Å². The molecule has 3 fully saturated rings. The molecule has 0 aromatic carbocycles. The molecule has 164 valence electrons. The van der Waals surface area contributed by atoms with E-state index in [2.05, 4.69) is 5.32 Å². The first-order valence-electron chi connectivity index (χ1n) is 10.4. The Morgan fingerprint density at radius 3 is 2.24 bits per heavy atom. The van der Waals surface area contributed by atoms with Crippen LogP contribution in [0.1, 0.15) is 54.4 Å². The summed E-state index contributed by atoms with van der Waals surface area (Å²) in [4.78, 5) is 39.2. The number of ether oxygens (including phenoxy) is 1. The van der Waals surface area contributed by atoms with Gasteiger partial charge in [0.1, 0.15) is 23.9 Å². The molecular weight excluding hydrogens is 379 g/mol. The van der Waals surface area contributed by atoms with Crippen LogP contribution in [0.25, 0.3) is 0 Å². The van der Waals surface area contributed by atoms with Crippen molar-refractivity contribution in [3.63, 3.8) is 0 Å². The van der Waals surface area contributed by atoms with Crippen LogP contribution in [-0.2, 0) is 14.3 Å². The first-order valence-corrected chi connectivity index (χ1v) is 10.4. The Bertz CT molecular complexity index is 698. The summed E-state index contributed by atoms with van der Waals surface area (Å²) in [5.74, 6) is -2.01. The van der Waals surface area contributed by atoms with E-state index in [1.807, 2.05) is 0 Å². The van der Waals surface area contributed by atoms with E-state index in [0.717, 1.165) is 0 Å². The summed E-state index contributed by atoms with van der Waals surface area (Å²) in [5.41, 5.74) is -1.38. The molecule has 0 unspecified atom stereocenters. The van der Waals surface area contributed by atoms with Crippen LogP contribution >= 0.6 is 0 Å². The number of carboxylic acid groups (broad SMARTS) is 1. The van der Waals surface area contributed by atoms with E-state index in [0.29, 0.717) is 12.8 Å². The van der Waals surface area contributed by atoms with Crippen molar-refractivity contribution in [1.82, 2.24) is 10.2 Å². The van der Waals surface area contributed by atoms with Gasteiger partial charge in [0.05, 0.1) is 0 Å². The monoisotopic (exact) mass is 412 g/mol. The summed E-state index contributed by atoms with van der Waals surface area (Å²) in [6.07, 6.45) is -0.539. The van der Waals surface area contributed by atoms with Crippen LogP contribution in [0.2, 0.25) is 0 Å². The van der Waals surface area contributed by atoms with Gasteiger partial charge >= 0.3 is 12.1 Å². The smallest absolute Gasteiger partial charge is 0.408 e. The lowest BCUT2D eigenvalue weighted by molar-refractivity contribution is -0.152. The largest absolute Gasteiger partial charge is 0.480 e. The molecule has 0 aromatic rings. The predicted octanol–water partition coefficient (Wildman–Crippen LogP) is 2.83. The summed E-state index contributed by atoms with van der Waals surface area (Å²) in [6.45, 7) is 10.8. The van der Waals surface area contributed by atoms with E-state index < -0.39 is 47.2 Å². The second-order valence-electron chi connectivity index (χ2n) is 10.9. The lowest BCUT2D eigenvalue weighted by Gasteiger charge is -2.36. The lowest BCUT2D eigenvalue weighted by atomic mass is 9.77. The molecule has 3 rings (SSSR count). The molecule has 0 radical (unpaired) electrons. The number of amides is 2. The number of nitrogens with zero attached hydrogens (tertiary/aromatic N) is 1. The molecule has 7 atom stereocenters. The number of hydrogen-bond donors (Lipinski definition) is 2. The number of carbonyl (C=O) groups is 3. The van der Waals surface area contributed by atoms with E-state index in [4.69, 9.17) is 4.74 Å². The van der Waals surface area contributed by atoms with Gasteiger partial charge in [-0.2, -0.15) is 0 Å². The first kappa shape index (κ1) is 21.8. The van der Waals surface area contributed by atoms with E-state index in [1.54, 1.807) is 41.5 Å². The molecule has 1 aliphatic heterocycles. The number of halogens is 1. The number of carbonyl (C=O) groups excluding carboxylic acids is 2. The third-order valence-corrected chi connectivity index (χ3v) is 6.57. The van der Waals surface area contributed by atoms with Crippen molar-refractivity contribution in [3.05, 3.63) is 0 Å². The van der Waals surface area contributed by atoms with Crippen LogP contribution in [0.4, 0.5) is 9.18 Å². The first-order chi connectivity index (χ1) is 13.2. The SMILES string of the molecule is CC(C)(C)OC(=O)N[C@H](C(=O)N1C[C@@H]2[C@H]3C[C@H](C[C@@H]3F)[C@@H]2[C@H]1C(=O)O)C(C)(C)C. The fourth-order valence-electron chi connectivity index (χ4n) is 5.51. The number of likely N-dealkylation sites (tertiary alicyclic amines) is 1. The van der Waals surface area contributed by atoms with Gasteiger partial charge in [-0.25, -0.2) is 14.0 Å². The number of carboxylic acids is 1. The molecule has 2 saturated carbocycles. The highest BCUT2D eigenvalue weighted by atomic mass is 19.1. The van der Waals surface area contributed by atoms with Crippen molar-refractivity contribution in [2.75, 3.05) is 6.54 Å². The number of hydrogen-bond acceptors (Lipinski definition) is 4. The third kappa shape index (κ3) is 4.08. The minimum Gasteiger partial charge on any atom is -0.480 e. The quantitative estimate of drug-likeness (QED) is 0.743. The van der Waals surface area contributed by atoms with E-state index in [1.165, 1.54) is 4.90 Å². The van der Waals surface area contributed by atoms with Crippen molar-refractivity contribution >= 4 is 18.0 Å². The lowest BCUT2D eigenvalue weighted by Crippen LogP contribution is -2.58. The molecule has 0 spiro atoms. The van der Waals surface area contributed by atoms with Crippen LogP contribution in [-0.4, -0.2) is 58.4 Å². The molecule has 8 heteroatoms. The highest BCUT2D eigenvalue weighted by Gasteiger charge is 2.63. The van der Waals surface area contributed by atoms with Crippen molar-refractivity contribution in [3.8, 4) is 0 Å². The van der Waals surface area contributed by atoms with Gasteiger partial charge < -0.3 is 20.1 Å². The predicted molar refractivity (Wildman–Crippen MR) is 104 cm³/mol. The zero-order chi connectivity index (χ0) is 21.9. The summed E-state index contributed by atoms with van der Waals surface area (Å²) in [7, 11) is 0. The Hall–Kier alpha value is -1.86. The molecule has 29 heavy (non-hydrogen) atoms. The Morgan fingerprint density at radius 1 is 1.10 bits per heavy atom. The topological polar surface area (TPSA) is 95.9 Å². The summed E-state index contributed by atoms with van der Waals surface area (Å²) < 4.78 is 19.6. The van der Waals surface area contributed by atoms with Gasteiger partial charge in [-0.3, -0.25) is 4.79 Å². The second-order valence-corrected chi connectivity index (χ2v) is 10.9. The molecule has 2 N–H and O–H groups in total. The van der Waals surface area contributed by atoms with Gasteiger partial charge in [-0.1, -0.05) is 20.8 Å². The van der Waals surface area contributed by atoms with Crippen molar-refractivity contribution in [1.29, 1.82) is 0 Å². The second kappa shape index (κ2) is 7.13.